The first-order valence-corrected chi connectivity index (χ1v) is 6.23. The second-order valence-corrected chi connectivity index (χ2v) is 4.86. The van der Waals surface area contributed by atoms with Crippen LogP contribution < -0.4 is 5.32 Å². The summed E-state index contributed by atoms with van der Waals surface area (Å²) in [5, 5.41) is 2.57. The highest BCUT2D eigenvalue weighted by Crippen LogP contribution is 2.25. The highest BCUT2D eigenvalue weighted by atomic mass is 19.3. The predicted molar refractivity (Wildman–Crippen MR) is 66.9 cm³/mol. The van der Waals surface area contributed by atoms with E-state index in [4.69, 9.17) is 0 Å². The second kappa shape index (κ2) is 5.61. The summed E-state index contributed by atoms with van der Waals surface area (Å²) in [4.78, 5) is 17.4. The Balaban J connectivity index is 1.83. The second-order valence-electron chi connectivity index (χ2n) is 4.86. The Hall–Kier alpha value is -1.56. The van der Waals surface area contributed by atoms with Crippen molar-refractivity contribution >= 4 is 5.91 Å². The van der Waals surface area contributed by atoms with Crippen LogP contribution in [0.25, 0.3) is 0 Å². The Morgan fingerprint density at radius 3 is 2.79 bits per heavy atom. The molecular formula is C13H17F2N3O. The SMILES string of the molecule is CN(CCc1ccncc1)C(=O)C1CC(F)(F)CN1. The molecule has 0 radical (unpaired) electrons. The number of hydrogen-bond donors (Lipinski definition) is 1. The van der Waals surface area contributed by atoms with Crippen LogP contribution in [0.1, 0.15) is 12.0 Å². The van der Waals surface area contributed by atoms with E-state index < -0.39 is 24.9 Å². The fraction of sp³-hybridized carbons (Fsp3) is 0.538. The molecule has 1 aliphatic rings. The molecular weight excluding hydrogens is 252 g/mol. The molecule has 1 N–H and O–H groups in total. The first-order valence-electron chi connectivity index (χ1n) is 6.23. The van der Waals surface area contributed by atoms with Crippen molar-refractivity contribution in [1.82, 2.24) is 15.2 Å². The van der Waals surface area contributed by atoms with Crippen LogP contribution in [0.5, 0.6) is 0 Å². The van der Waals surface area contributed by atoms with E-state index in [0.29, 0.717) is 13.0 Å². The third kappa shape index (κ3) is 3.70. The van der Waals surface area contributed by atoms with Gasteiger partial charge in [-0.1, -0.05) is 0 Å². The van der Waals surface area contributed by atoms with Crippen LogP contribution in [-0.2, 0) is 11.2 Å². The van der Waals surface area contributed by atoms with E-state index in [0.717, 1.165) is 5.56 Å². The van der Waals surface area contributed by atoms with Crippen molar-refractivity contribution in [2.24, 2.45) is 0 Å². The van der Waals surface area contributed by atoms with Gasteiger partial charge in [0.15, 0.2) is 0 Å². The summed E-state index contributed by atoms with van der Waals surface area (Å²) < 4.78 is 26.1. The van der Waals surface area contributed by atoms with E-state index >= 15 is 0 Å². The average molecular weight is 269 g/mol. The van der Waals surface area contributed by atoms with E-state index in [-0.39, 0.29) is 5.91 Å². The van der Waals surface area contributed by atoms with E-state index in [1.165, 1.54) is 4.90 Å². The quantitative estimate of drug-likeness (QED) is 0.889. The van der Waals surface area contributed by atoms with Crippen molar-refractivity contribution in [3.05, 3.63) is 30.1 Å². The number of likely N-dealkylation sites (N-methyl/N-ethyl adjacent to an activating group) is 1. The fourth-order valence-electron chi connectivity index (χ4n) is 2.11. The van der Waals surface area contributed by atoms with Gasteiger partial charge in [-0.2, -0.15) is 0 Å². The Bertz CT molecular complexity index is 439. The van der Waals surface area contributed by atoms with Gasteiger partial charge >= 0.3 is 0 Å². The number of hydrogen-bond acceptors (Lipinski definition) is 3. The molecule has 1 unspecified atom stereocenters. The summed E-state index contributed by atoms with van der Waals surface area (Å²) in [5.74, 6) is -3.04. The zero-order valence-electron chi connectivity index (χ0n) is 10.8. The van der Waals surface area contributed by atoms with Gasteiger partial charge in [-0.05, 0) is 24.1 Å². The van der Waals surface area contributed by atoms with E-state index in [9.17, 15) is 13.6 Å². The average Bonchev–Trinajstić information content (AvgIpc) is 2.76. The summed E-state index contributed by atoms with van der Waals surface area (Å²) in [6.07, 6.45) is 3.66. The topological polar surface area (TPSA) is 45.2 Å². The molecule has 1 aromatic rings. The van der Waals surface area contributed by atoms with Crippen molar-refractivity contribution in [1.29, 1.82) is 0 Å². The molecule has 1 aliphatic heterocycles. The summed E-state index contributed by atoms with van der Waals surface area (Å²) in [5.41, 5.74) is 1.07. The van der Waals surface area contributed by atoms with Crippen LogP contribution in [-0.4, -0.2) is 47.9 Å². The summed E-state index contributed by atoms with van der Waals surface area (Å²) in [7, 11) is 1.64. The lowest BCUT2D eigenvalue weighted by molar-refractivity contribution is -0.132. The van der Waals surface area contributed by atoms with Gasteiger partial charge in [-0.3, -0.25) is 15.1 Å². The largest absolute Gasteiger partial charge is 0.344 e. The zero-order chi connectivity index (χ0) is 13.9. The standard InChI is InChI=1S/C13H17F2N3O/c1-18(7-4-10-2-5-16-6-3-10)12(19)11-8-13(14,15)9-17-11/h2-3,5-6,11,17H,4,7-9H2,1H3. The predicted octanol–water partition coefficient (Wildman–Crippen LogP) is 1.08. The first-order chi connectivity index (χ1) is 8.98. The Labute approximate surface area is 110 Å². The maximum absolute atomic E-state index is 13.0. The van der Waals surface area contributed by atoms with E-state index in [1.54, 1.807) is 19.4 Å². The van der Waals surface area contributed by atoms with Gasteiger partial charge in [0.2, 0.25) is 5.91 Å². The molecule has 1 saturated heterocycles. The van der Waals surface area contributed by atoms with Crippen LogP contribution >= 0.6 is 0 Å². The Kier molecular flexibility index (Phi) is 4.09. The molecule has 1 amide bonds. The third-order valence-electron chi connectivity index (χ3n) is 3.27. The normalized spacial score (nSPS) is 21.3. The minimum Gasteiger partial charge on any atom is -0.344 e. The number of nitrogens with zero attached hydrogens (tertiary/aromatic N) is 2. The number of rotatable bonds is 4. The minimum absolute atomic E-state index is 0.272. The molecule has 19 heavy (non-hydrogen) atoms. The van der Waals surface area contributed by atoms with Crippen molar-refractivity contribution in [2.45, 2.75) is 24.8 Å². The molecule has 1 atom stereocenters. The van der Waals surface area contributed by atoms with Crippen LogP contribution in [0.4, 0.5) is 8.78 Å². The number of carbonyl (C=O) groups excluding carboxylic acids is 1. The lowest BCUT2D eigenvalue weighted by atomic mass is 10.1. The van der Waals surface area contributed by atoms with Crippen LogP contribution in [0.3, 0.4) is 0 Å². The Morgan fingerprint density at radius 1 is 1.53 bits per heavy atom. The van der Waals surface area contributed by atoms with Crippen molar-refractivity contribution in [3.63, 3.8) is 0 Å². The van der Waals surface area contributed by atoms with Gasteiger partial charge in [0.1, 0.15) is 0 Å². The van der Waals surface area contributed by atoms with Crippen LogP contribution in [0.15, 0.2) is 24.5 Å². The lowest BCUT2D eigenvalue weighted by Gasteiger charge is -2.21. The van der Waals surface area contributed by atoms with Gasteiger partial charge in [0.25, 0.3) is 5.92 Å². The van der Waals surface area contributed by atoms with Crippen molar-refractivity contribution < 1.29 is 13.6 Å². The molecule has 0 bridgehead atoms. The fourth-order valence-corrected chi connectivity index (χ4v) is 2.11. The molecule has 0 aromatic carbocycles. The molecule has 1 aromatic heterocycles. The van der Waals surface area contributed by atoms with Crippen LogP contribution in [0, 0.1) is 0 Å². The summed E-state index contributed by atoms with van der Waals surface area (Å²) in [6.45, 7) is 0.0915. The van der Waals surface area contributed by atoms with Crippen molar-refractivity contribution in [3.8, 4) is 0 Å². The number of alkyl halides is 2. The van der Waals surface area contributed by atoms with Gasteiger partial charge in [0.05, 0.1) is 12.6 Å². The molecule has 1 fully saturated rings. The molecule has 104 valence electrons. The van der Waals surface area contributed by atoms with Crippen molar-refractivity contribution in [2.75, 3.05) is 20.1 Å². The number of aromatic nitrogens is 1. The van der Waals surface area contributed by atoms with Crippen LogP contribution in [0.2, 0.25) is 0 Å². The molecule has 2 heterocycles. The number of nitrogens with one attached hydrogen (secondary N) is 1. The Morgan fingerprint density at radius 2 is 2.21 bits per heavy atom. The van der Waals surface area contributed by atoms with E-state index in [2.05, 4.69) is 10.3 Å². The van der Waals surface area contributed by atoms with Gasteiger partial charge in [-0.25, -0.2) is 8.78 Å². The number of pyridine rings is 1. The van der Waals surface area contributed by atoms with Gasteiger partial charge in [-0.15, -0.1) is 0 Å². The minimum atomic E-state index is -2.77. The maximum Gasteiger partial charge on any atom is 0.262 e. The monoisotopic (exact) mass is 269 g/mol. The molecule has 2 rings (SSSR count). The third-order valence-corrected chi connectivity index (χ3v) is 3.27. The molecule has 4 nitrogen and oxygen atoms in total. The number of halogens is 2. The highest BCUT2D eigenvalue weighted by Gasteiger charge is 2.42. The molecule has 0 saturated carbocycles. The van der Waals surface area contributed by atoms with E-state index in [1.807, 2.05) is 12.1 Å². The maximum atomic E-state index is 13.0. The van der Waals surface area contributed by atoms with Gasteiger partial charge in [0, 0.05) is 32.4 Å². The summed E-state index contributed by atoms with van der Waals surface area (Å²) in [6, 6.07) is 2.98. The lowest BCUT2D eigenvalue weighted by Crippen LogP contribution is -2.42. The first kappa shape index (κ1) is 13.9. The van der Waals surface area contributed by atoms with Gasteiger partial charge < -0.3 is 4.90 Å². The number of carbonyl (C=O) groups is 1. The molecule has 0 spiro atoms. The smallest absolute Gasteiger partial charge is 0.262 e. The highest BCUT2D eigenvalue weighted by molar-refractivity contribution is 5.82. The molecule has 0 aliphatic carbocycles. The number of amides is 1. The molecule has 6 heteroatoms. The summed E-state index contributed by atoms with van der Waals surface area (Å²) >= 11 is 0. The zero-order valence-corrected chi connectivity index (χ0v) is 10.8.